The van der Waals surface area contributed by atoms with Crippen LogP contribution in [-0.2, 0) is 6.54 Å². The van der Waals surface area contributed by atoms with Crippen molar-refractivity contribution in [3.63, 3.8) is 0 Å². The maximum Gasteiger partial charge on any atom is 0.286 e. The number of amides is 1. The first-order chi connectivity index (χ1) is 9.11. The second-order valence-electron chi connectivity index (χ2n) is 5.18. The molecule has 1 aliphatic rings. The first-order valence-electron chi connectivity index (χ1n) is 6.81. The highest BCUT2D eigenvalue weighted by Crippen LogP contribution is 2.23. The third kappa shape index (κ3) is 3.36. The van der Waals surface area contributed by atoms with Gasteiger partial charge in [0.1, 0.15) is 5.76 Å². The van der Waals surface area contributed by atoms with Gasteiger partial charge in [0.2, 0.25) is 0 Å². The molecule has 0 aliphatic heterocycles. The summed E-state index contributed by atoms with van der Waals surface area (Å²) in [5, 5.41) is 12.5. The fourth-order valence-corrected chi connectivity index (χ4v) is 2.68. The number of hydrogen-bond acceptors (Lipinski definition) is 4. The number of aliphatic hydroxyl groups is 1. The summed E-state index contributed by atoms with van der Waals surface area (Å²) < 4.78 is 5.50. The van der Waals surface area contributed by atoms with Crippen molar-refractivity contribution in [1.82, 2.24) is 10.2 Å². The predicted molar refractivity (Wildman–Crippen MR) is 71.8 cm³/mol. The fraction of sp³-hybridized carbons (Fsp3) is 0.643. The van der Waals surface area contributed by atoms with Crippen LogP contribution in [0.15, 0.2) is 16.5 Å². The van der Waals surface area contributed by atoms with Gasteiger partial charge in [0, 0.05) is 13.1 Å². The number of rotatable bonds is 4. The monoisotopic (exact) mass is 266 g/mol. The third-order valence-corrected chi connectivity index (χ3v) is 3.78. The molecular formula is C14H22N2O3. The molecule has 1 aromatic heterocycles. The lowest BCUT2D eigenvalue weighted by molar-refractivity contribution is 0.0261. The van der Waals surface area contributed by atoms with E-state index in [9.17, 15) is 9.90 Å². The van der Waals surface area contributed by atoms with E-state index in [4.69, 9.17) is 4.42 Å². The van der Waals surface area contributed by atoms with Gasteiger partial charge < -0.3 is 14.8 Å². The molecule has 0 spiro atoms. The van der Waals surface area contributed by atoms with Gasteiger partial charge in [-0.15, -0.1) is 0 Å². The summed E-state index contributed by atoms with van der Waals surface area (Å²) in [5.41, 5.74) is 0. The van der Waals surface area contributed by atoms with Crippen LogP contribution in [0.4, 0.5) is 0 Å². The van der Waals surface area contributed by atoms with Gasteiger partial charge >= 0.3 is 0 Å². The molecule has 1 fully saturated rings. The minimum absolute atomic E-state index is 0.183. The highest BCUT2D eigenvalue weighted by molar-refractivity contribution is 5.91. The number of furan rings is 1. The van der Waals surface area contributed by atoms with Crippen LogP contribution in [-0.4, -0.2) is 42.2 Å². The van der Waals surface area contributed by atoms with Crippen molar-refractivity contribution >= 4 is 5.91 Å². The molecule has 0 bridgehead atoms. The first-order valence-corrected chi connectivity index (χ1v) is 6.81. The Morgan fingerprint density at radius 2 is 2.21 bits per heavy atom. The van der Waals surface area contributed by atoms with Gasteiger partial charge in [-0.3, -0.25) is 9.69 Å². The van der Waals surface area contributed by atoms with E-state index in [-0.39, 0.29) is 18.1 Å². The summed E-state index contributed by atoms with van der Waals surface area (Å²) in [5.74, 6) is 0.862. The molecule has 0 unspecified atom stereocenters. The Bertz CT molecular complexity index is 430. The lowest BCUT2D eigenvalue weighted by Crippen LogP contribution is -2.42. The van der Waals surface area contributed by atoms with Crippen LogP contribution in [0.5, 0.6) is 0 Å². The van der Waals surface area contributed by atoms with E-state index < -0.39 is 0 Å². The summed E-state index contributed by atoms with van der Waals surface area (Å²) >= 11 is 0. The maximum atomic E-state index is 11.4. The number of carbonyl (C=O) groups is 1. The number of carbonyl (C=O) groups excluding carboxylic acids is 1. The quantitative estimate of drug-likeness (QED) is 0.864. The summed E-state index contributed by atoms with van der Waals surface area (Å²) in [6.45, 7) is 0.610. The van der Waals surface area contributed by atoms with E-state index in [0.29, 0.717) is 12.3 Å². The molecule has 1 aromatic rings. The van der Waals surface area contributed by atoms with Crippen LogP contribution < -0.4 is 5.32 Å². The van der Waals surface area contributed by atoms with Crippen molar-refractivity contribution in [2.75, 3.05) is 14.1 Å². The first kappa shape index (κ1) is 14.1. The topological polar surface area (TPSA) is 65.7 Å². The lowest BCUT2D eigenvalue weighted by Gasteiger charge is -2.34. The molecule has 5 heteroatoms. The Hall–Kier alpha value is -1.33. The molecule has 106 valence electrons. The third-order valence-electron chi connectivity index (χ3n) is 3.78. The minimum atomic E-state index is -0.257. The SMILES string of the molecule is CNC(=O)c1ccc(CN(C)[C@H]2CCCC[C@H]2O)o1. The summed E-state index contributed by atoms with van der Waals surface area (Å²) in [6, 6.07) is 3.68. The number of hydrogen-bond donors (Lipinski definition) is 2. The molecule has 2 atom stereocenters. The number of aliphatic hydroxyl groups excluding tert-OH is 1. The van der Waals surface area contributed by atoms with Gasteiger partial charge in [0.15, 0.2) is 5.76 Å². The number of nitrogens with one attached hydrogen (secondary N) is 1. The van der Waals surface area contributed by atoms with Crippen molar-refractivity contribution < 1.29 is 14.3 Å². The molecule has 0 aromatic carbocycles. The van der Waals surface area contributed by atoms with Crippen LogP contribution in [0.2, 0.25) is 0 Å². The van der Waals surface area contributed by atoms with Crippen LogP contribution in [0.3, 0.4) is 0 Å². The van der Waals surface area contributed by atoms with Gasteiger partial charge in [-0.2, -0.15) is 0 Å². The number of nitrogens with zero attached hydrogens (tertiary/aromatic N) is 1. The van der Waals surface area contributed by atoms with Crippen molar-refractivity contribution in [2.24, 2.45) is 0 Å². The van der Waals surface area contributed by atoms with E-state index in [1.54, 1.807) is 13.1 Å². The molecule has 5 nitrogen and oxygen atoms in total. The molecule has 0 saturated heterocycles. The van der Waals surface area contributed by atoms with E-state index in [1.165, 1.54) is 0 Å². The van der Waals surface area contributed by atoms with E-state index in [0.717, 1.165) is 31.4 Å². The highest BCUT2D eigenvalue weighted by Gasteiger charge is 2.27. The van der Waals surface area contributed by atoms with Crippen LogP contribution >= 0.6 is 0 Å². The van der Waals surface area contributed by atoms with Crippen molar-refractivity contribution in [2.45, 2.75) is 44.4 Å². The summed E-state index contributed by atoms with van der Waals surface area (Å²) in [6.07, 6.45) is 3.89. The molecule has 1 amide bonds. The largest absolute Gasteiger partial charge is 0.455 e. The van der Waals surface area contributed by atoms with Gasteiger partial charge in [0.05, 0.1) is 12.6 Å². The van der Waals surface area contributed by atoms with Crippen LogP contribution in [0.1, 0.15) is 42.0 Å². The van der Waals surface area contributed by atoms with E-state index in [1.807, 2.05) is 13.1 Å². The van der Waals surface area contributed by atoms with E-state index in [2.05, 4.69) is 10.2 Å². The van der Waals surface area contributed by atoms with Gasteiger partial charge in [-0.05, 0) is 32.0 Å². The second-order valence-corrected chi connectivity index (χ2v) is 5.18. The second kappa shape index (κ2) is 6.21. The zero-order chi connectivity index (χ0) is 13.8. The zero-order valence-electron chi connectivity index (χ0n) is 11.6. The van der Waals surface area contributed by atoms with Crippen LogP contribution in [0.25, 0.3) is 0 Å². The molecule has 2 N–H and O–H groups in total. The molecule has 1 heterocycles. The standard InChI is InChI=1S/C14H22N2O3/c1-15-14(18)13-8-7-10(19-13)9-16(2)11-5-3-4-6-12(11)17/h7-8,11-12,17H,3-6,9H2,1-2H3,(H,15,18)/t11-,12+/m0/s1. The number of likely N-dealkylation sites (N-methyl/N-ethyl adjacent to an activating group) is 1. The molecule has 0 radical (unpaired) electrons. The Morgan fingerprint density at radius 3 is 2.89 bits per heavy atom. The summed E-state index contributed by atoms with van der Waals surface area (Å²) in [4.78, 5) is 13.5. The van der Waals surface area contributed by atoms with E-state index >= 15 is 0 Å². The minimum Gasteiger partial charge on any atom is -0.455 e. The molecule has 2 rings (SSSR count). The average Bonchev–Trinajstić information content (AvgIpc) is 2.86. The normalized spacial score (nSPS) is 23.6. The Balaban J connectivity index is 1.96. The smallest absolute Gasteiger partial charge is 0.286 e. The highest BCUT2D eigenvalue weighted by atomic mass is 16.4. The molecule has 1 saturated carbocycles. The van der Waals surface area contributed by atoms with Gasteiger partial charge in [0.25, 0.3) is 5.91 Å². The molecular weight excluding hydrogens is 244 g/mol. The summed E-state index contributed by atoms with van der Waals surface area (Å²) in [7, 11) is 3.57. The average molecular weight is 266 g/mol. The Kier molecular flexibility index (Phi) is 4.61. The van der Waals surface area contributed by atoms with Crippen molar-refractivity contribution in [3.8, 4) is 0 Å². The van der Waals surface area contributed by atoms with Gasteiger partial charge in [-0.1, -0.05) is 12.8 Å². The molecule has 1 aliphatic carbocycles. The lowest BCUT2D eigenvalue weighted by atomic mass is 9.91. The fourth-order valence-electron chi connectivity index (χ4n) is 2.68. The predicted octanol–water partition coefficient (Wildman–Crippen LogP) is 1.37. The van der Waals surface area contributed by atoms with Crippen LogP contribution in [0, 0.1) is 0 Å². The van der Waals surface area contributed by atoms with Gasteiger partial charge in [-0.25, -0.2) is 0 Å². The Morgan fingerprint density at radius 1 is 1.47 bits per heavy atom. The Labute approximate surface area is 113 Å². The molecule has 19 heavy (non-hydrogen) atoms. The zero-order valence-corrected chi connectivity index (χ0v) is 11.6. The van der Waals surface area contributed by atoms with Crippen molar-refractivity contribution in [1.29, 1.82) is 0 Å². The van der Waals surface area contributed by atoms with Crippen molar-refractivity contribution in [3.05, 3.63) is 23.7 Å². The maximum absolute atomic E-state index is 11.4.